The highest BCUT2D eigenvalue weighted by Crippen LogP contribution is 2.36. The number of benzene rings is 1. The van der Waals surface area contributed by atoms with Crippen LogP contribution in [0.25, 0.3) is 0 Å². The maximum Gasteiger partial charge on any atom is 0.407 e. The number of amides is 1. The van der Waals surface area contributed by atoms with Gasteiger partial charge < -0.3 is 25.2 Å². The summed E-state index contributed by atoms with van der Waals surface area (Å²) in [6.45, 7) is 1.97. The SMILES string of the molecule is COc1cc(OC)cc(C(C(C)=O)c2nn(C3CCN(C(=O)O)C3)c(N)c2C#N)c1. The van der Waals surface area contributed by atoms with Gasteiger partial charge in [0.15, 0.2) is 0 Å². The maximum atomic E-state index is 12.6. The molecule has 10 nitrogen and oxygen atoms in total. The first-order valence-electron chi connectivity index (χ1n) is 9.29. The van der Waals surface area contributed by atoms with E-state index in [0.717, 1.165) is 0 Å². The smallest absolute Gasteiger partial charge is 0.407 e. The van der Waals surface area contributed by atoms with Crippen molar-refractivity contribution in [1.29, 1.82) is 5.26 Å². The first kappa shape index (κ1) is 21.0. The minimum atomic E-state index is -1.02. The average molecular weight is 413 g/mol. The number of nitrogen functional groups attached to an aromatic ring is 1. The molecule has 0 spiro atoms. The Bertz CT molecular complexity index is 1000. The van der Waals surface area contributed by atoms with E-state index in [0.29, 0.717) is 30.0 Å². The van der Waals surface area contributed by atoms with E-state index in [9.17, 15) is 20.0 Å². The number of nitrogens with zero attached hydrogens (tertiary/aromatic N) is 4. The second kappa shape index (κ2) is 8.32. The van der Waals surface area contributed by atoms with Crippen LogP contribution in [0.15, 0.2) is 18.2 Å². The zero-order valence-electron chi connectivity index (χ0n) is 17.0. The van der Waals surface area contributed by atoms with Gasteiger partial charge >= 0.3 is 6.09 Å². The van der Waals surface area contributed by atoms with Gasteiger partial charge in [0.2, 0.25) is 0 Å². The fourth-order valence-electron chi connectivity index (χ4n) is 3.76. The van der Waals surface area contributed by atoms with E-state index in [4.69, 9.17) is 15.2 Å². The zero-order chi connectivity index (χ0) is 22.0. The fraction of sp³-hybridized carbons (Fsp3) is 0.400. The number of anilines is 1. The third-order valence-electron chi connectivity index (χ3n) is 5.25. The van der Waals surface area contributed by atoms with E-state index in [-0.39, 0.29) is 35.4 Å². The van der Waals surface area contributed by atoms with Crippen LogP contribution < -0.4 is 15.2 Å². The molecule has 1 aromatic heterocycles. The Kier molecular flexibility index (Phi) is 5.82. The molecule has 0 aliphatic carbocycles. The molecule has 1 saturated heterocycles. The molecule has 3 rings (SSSR count). The number of likely N-dealkylation sites (tertiary alicyclic amines) is 1. The largest absolute Gasteiger partial charge is 0.497 e. The second-order valence-corrected chi connectivity index (χ2v) is 7.06. The fourth-order valence-corrected chi connectivity index (χ4v) is 3.76. The van der Waals surface area contributed by atoms with Crippen molar-refractivity contribution < 1.29 is 24.2 Å². The Morgan fingerprint density at radius 3 is 2.40 bits per heavy atom. The van der Waals surface area contributed by atoms with Gasteiger partial charge in [0, 0.05) is 19.2 Å². The van der Waals surface area contributed by atoms with Crippen LogP contribution in [-0.4, -0.2) is 59.0 Å². The summed E-state index contributed by atoms with van der Waals surface area (Å²) in [6.07, 6.45) is -0.505. The number of rotatable bonds is 6. The monoisotopic (exact) mass is 413 g/mol. The minimum absolute atomic E-state index is 0.103. The van der Waals surface area contributed by atoms with E-state index in [1.54, 1.807) is 18.2 Å². The molecule has 0 radical (unpaired) electrons. The van der Waals surface area contributed by atoms with E-state index in [1.807, 2.05) is 0 Å². The van der Waals surface area contributed by atoms with Crippen molar-refractivity contribution in [1.82, 2.24) is 14.7 Å². The Balaban J connectivity index is 2.10. The number of ketones is 1. The lowest BCUT2D eigenvalue weighted by Gasteiger charge is -2.16. The highest BCUT2D eigenvalue weighted by Gasteiger charge is 2.34. The number of hydrogen-bond donors (Lipinski definition) is 2. The summed E-state index contributed by atoms with van der Waals surface area (Å²) >= 11 is 0. The normalized spacial score (nSPS) is 16.7. The van der Waals surface area contributed by atoms with Gasteiger partial charge in [0.05, 0.1) is 31.9 Å². The van der Waals surface area contributed by atoms with Crippen molar-refractivity contribution in [2.24, 2.45) is 0 Å². The van der Waals surface area contributed by atoms with Crippen molar-refractivity contribution in [2.75, 3.05) is 33.0 Å². The maximum absolute atomic E-state index is 12.6. The van der Waals surface area contributed by atoms with Crippen LogP contribution in [0.2, 0.25) is 0 Å². The molecule has 2 atom stereocenters. The summed E-state index contributed by atoms with van der Waals surface area (Å²) in [5.74, 6) is 0.0175. The van der Waals surface area contributed by atoms with Crippen LogP contribution in [0.4, 0.5) is 10.6 Å². The van der Waals surface area contributed by atoms with Gasteiger partial charge in [-0.15, -0.1) is 0 Å². The number of nitriles is 1. The average Bonchev–Trinajstić information content (AvgIpc) is 3.32. The van der Waals surface area contributed by atoms with Crippen molar-refractivity contribution in [3.8, 4) is 17.6 Å². The topological polar surface area (TPSA) is 144 Å². The Labute approximate surface area is 173 Å². The molecule has 1 amide bonds. The number of Topliss-reactive ketones (excluding diaryl/α,β-unsaturated/α-hetero) is 1. The molecule has 158 valence electrons. The van der Waals surface area contributed by atoms with Crippen LogP contribution in [0.3, 0.4) is 0 Å². The second-order valence-electron chi connectivity index (χ2n) is 7.06. The number of aromatic nitrogens is 2. The molecule has 10 heteroatoms. The highest BCUT2D eigenvalue weighted by molar-refractivity contribution is 5.88. The van der Waals surface area contributed by atoms with Gasteiger partial charge in [-0.3, -0.25) is 4.79 Å². The van der Waals surface area contributed by atoms with Crippen molar-refractivity contribution in [3.05, 3.63) is 35.0 Å². The number of ether oxygens (including phenoxy) is 2. The number of methoxy groups -OCH3 is 2. The van der Waals surface area contributed by atoms with Crippen LogP contribution in [0, 0.1) is 11.3 Å². The lowest BCUT2D eigenvalue weighted by molar-refractivity contribution is -0.117. The Morgan fingerprint density at radius 1 is 1.30 bits per heavy atom. The number of carbonyl (C=O) groups excluding carboxylic acids is 1. The van der Waals surface area contributed by atoms with E-state index < -0.39 is 12.0 Å². The lowest BCUT2D eigenvalue weighted by atomic mass is 9.90. The predicted molar refractivity (Wildman–Crippen MR) is 107 cm³/mol. The third-order valence-corrected chi connectivity index (χ3v) is 5.25. The summed E-state index contributed by atoms with van der Waals surface area (Å²) in [6, 6.07) is 6.79. The van der Waals surface area contributed by atoms with Gasteiger partial charge in [0.25, 0.3) is 0 Å². The molecule has 30 heavy (non-hydrogen) atoms. The summed E-state index contributed by atoms with van der Waals surface area (Å²) < 4.78 is 12.1. The molecular weight excluding hydrogens is 390 g/mol. The lowest BCUT2D eigenvalue weighted by Crippen LogP contribution is -2.27. The van der Waals surface area contributed by atoms with Gasteiger partial charge in [0.1, 0.15) is 34.7 Å². The number of nitrogens with two attached hydrogens (primary N) is 1. The minimum Gasteiger partial charge on any atom is -0.497 e. The number of hydrogen-bond acceptors (Lipinski definition) is 7. The molecule has 1 aliphatic heterocycles. The molecule has 1 fully saturated rings. The summed E-state index contributed by atoms with van der Waals surface area (Å²) in [4.78, 5) is 25.1. The van der Waals surface area contributed by atoms with Crippen molar-refractivity contribution in [3.63, 3.8) is 0 Å². The zero-order valence-corrected chi connectivity index (χ0v) is 17.0. The highest BCUT2D eigenvalue weighted by atomic mass is 16.5. The predicted octanol–water partition coefficient (Wildman–Crippen LogP) is 2.00. The Hall–Kier alpha value is -3.74. The van der Waals surface area contributed by atoms with Crippen LogP contribution in [0.5, 0.6) is 11.5 Å². The number of carboxylic acid groups (broad SMARTS) is 1. The van der Waals surface area contributed by atoms with Crippen LogP contribution in [-0.2, 0) is 4.79 Å². The van der Waals surface area contributed by atoms with Gasteiger partial charge in [-0.05, 0) is 31.0 Å². The molecule has 0 bridgehead atoms. The molecule has 2 aromatic rings. The molecule has 2 unspecified atom stereocenters. The Morgan fingerprint density at radius 2 is 1.93 bits per heavy atom. The summed E-state index contributed by atoms with van der Waals surface area (Å²) in [7, 11) is 3.01. The van der Waals surface area contributed by atoms with Gasteiger partial charge in [-0.1, -0.05) is 0 Å². The molecule has 1 aromatic carbocycles. The number of carbonyl (C=O) groups is 2. The van der Waals surface area contributed by atoms with E-state index in [2.05, 4.69) is 11.2 Å². The van der Waals surface area contributed by atoms with Crippen molar-refractivity contribution in [2.45, 2.75) is 25.3 Å². The molecule has 1 aliphatic rings. The first-order chi connectivity index (χ1) is 14.3. The van der Waals surface area contributed by atoms with Gasteiger partial charge in [-0.25, -0.2) is 9.48 Å². The molecule has 0 saturated carbocycles. The van der Waals surface area contributed by atoms with Crippen molar-refractivity contribution >= 4 is 17.7 Å². The van der Waals surface area contributed by atoms with Crippen LogP contribution in [0.1, 0.15) is 42.1 Å². The summed E-state index contributed by atoms with van der Waals surface area (Å²) in [5, 5.41) is 23.4. The standard InChI is InChI=1S/C20H23N5O5/c1-11(26)17(12-6-14(29-2)8-15(7-12)30-3)18-16(9-21)19(22)25(23-18)13-4-5-24(10-13)20(27)28/h6-8,13,17H,4-5,10,22H2,1-3H3,(H,27,28). The first-order valence-corrected chi connectivity index (χ1v) is 9.29. The third kappa shape index (κ3) is 3.74. The van der Waals surface area contributed by atoms with E-state index in [1.165, 1.54) is 30.7 Å². The molecular formula is C20H23N5O5. The molecule has 3 N–H and O–H groups in total. The quantitative estimate of drug-likeness (QED) is 0.732. The summed E-state index contributed by atoms with van der Waals surface area (Å²) in [5.41, 5.74) is 7.08. The molecule has 2 heterocycles. The van der Waals surface area contributed by atoms with Crippen LogP contribution >= 0.6 is 0 Å². The van der Waals surface area contributed by atoms with E-state index >= 15 is 0 Å². The van der Waals surface area contributed by atoms with Gasteiger partial charge in [-0.2, -0.15) is 10.4 Å².